The highest BCUT2D eigenvalue weighted by molar-refractivity contribution is 5.95. The number of fused-ring (bicyclic) bond motifs is 1. The van der Waals surface area contributed by atoms with Crippen molar-refractivity contribution in [2.24, 2.45) is 5.73 Å². The summed E-state index contributed by atoms with van der Waals surface area (Å²) in [5.41, 5.74) is 6.58. The molecule has 0 bridgehead atoms. The number of carboxylic acid groups (broad SMARTS) is 2. The molecular weight excluding hydrogens is 450 g/mol. The Morgan fingerprint density at radius 2 is 1.68 bits per heavy atom. The maximum absolute atomic E-state index is 12.8. The molecule has 9 N–H and O–H groups in total. The Hall–Kier alpha value is -3.97. The predicted octanol–water partition coefficient (Wildman–Crippen LogP) is -1.94. The minimum absolute atomic E-state index is 0.0836. The molecule has 4 atom stereocenters. The lowest BCUT2D eigenvalue weighted by molar-refractivity contribution is -0.144. The van der Waals surface area contributed by atoms with Gasteiger partial charge in [0, 0.05) is 23.5 Å². The summed E-state index contributed by atoms with van der Waals surface area (Å²) in [5, 5.41) is 36.0. The Bertz CT molecular complexity index is 1070. The van der Waals surface area contributed by atoms with E-state index in [4.69, 9.17) is 10.8 Å². The molecule has 2 rings (SSSR count). The molecule has 3 amide bonds. The van der Waals surface area contributed by atoms with Gasteiger partial charge in [-0.3, -0.25) is 19.2 Å². The summed E-state index contributed by atoms with van der Waals surface area (Å²) in [6, 6.07) is 2.61. The predicted molar refractivity (Wildman–Crippen MR) is 118 cm³/mol. The standard InChI is InChI=1S/C21H27N5O8/c1-10(27)18(26-19(31)14(7-17(29)30)24-16(28)8-22)20(32)25-15(21(33)34)6-11-9-23-13-5-3-2-4-12(11)13/h2-5,9-10,14-15,18,23,27H,6-8,22H2,1H3,(H,24,28)(H,25,32)(H,26,31)(H,29,30)(H,33,34). The Morgan fingerprint density at radius 1 is 1.00 bits per heavy atom. The highest BCUT2D eigenvalue weighted by atomic mass is 16.4. The highest BCUT2D eigenvalue weighted by Crippen LogP contribution is 2.19. The van der Waals surface area contributed by atoms with Gasteiger partial charge in [-0.1, -0.05) is 18.2 Å². The molecule has 2 aromatic rings. The number of aliphatic hydroxyl groups excluding tert-OH is 1. The van der Waals surface area contributed by atoms with E-state index in [9.17, 15) is 34.2 Å². The van der Waals surface area contributed by atoms with Crippen LogP contribution in [0.5, 0.6) is 0 Å². The molecule has 0 saturated heterocycles. The molecule has 13 nitrogen and oxygen atoms in total. The molecule has 0 aliphatic rings. The lowest BCUT2D eigenvalue weighted by Crippen LogP contribution is -2.59. The minimum atomic E-state index is -1.62. The molecule has 0 aliphatic carbocycles. The van der Waals surface area contributed by atoms with E-state index in [-0.39, 0.29) is 6.42 Å². The van der Waals surface area contributed by atoms with Crippen LogP contribution in [-0.2, 0) is 30.4 Å². The molecule has 0 saturated carbocycles. The van der Waals surface area contributed by atoms with Crippen LogP contribution < -0.4 is 21.7 Å². The maximum Gasteiger partial charge on any atom is 0.326 e. The Balaban J connectivity index is 2.15. The van der Waals surface area contributed by atoms with Gasteiger partial charge in [0.2, 0.25) is 17.7 Å². The first kappa shape index (κ1) is 26.3. The fourth-order valence-electron chi connectivity index (χ4n) is 3.28. The number of rotatable bonds is 12. The number of aliphatic hydroxyl groups is 1. The number of amides is 3. The third-order valence-corrected chi connectivity index (χ3v) is 4.99. The number of aromatic amines is 1. The van der Waals surface area contributed by atoms with Crippen LogP contribution in [0, 0.1) is 0 Å². The Kier molecular flexibility index (Phi) is 9.10. The fourth-order valence-corrected chi connectivity index (χ4v) is 3.28. The van der Waals surface area contributed by atoms with Crippen molar-refractivity contribution < 1.29 is 39.3 Å². The zero-order chi connectivity index (χ0) is 25.4. The van der Waals surface area contributed by atoms with Crippen LogP contribution >= 0.6 is 0 Å². The molecule has 1 aromatic heterocycles. The van der Waals surface area contributed by atoms with Gasteiger partial charge in [0.05, 0.1) is 19.1 Å². The van der Waals surface area contributed by atoms with Gasteiger partial charge in [-0.2, -0.15) is 0 Å². The number of carbonyl (C=O) groups is 5. The van der Waals surface area contributed by atoms with E-state index >= 15 is 0 Å². The molecule has 0 spiro atoms. The van der Waals surface area contributed by atoms with Crippen molar-refractivity contribution in [3.8, 4) is 0 Å². The number of H-pyrrole nitrogens is 1. The molecule has 0 fully saturated rings. The molecule has 184 valence electrons. The summed E-state index contributed by atoms with van der Waals surface area (Å²) in [7, 11) is 0. The van der Waals surface area contributed by atoms with Gasteiger partial charge in [0.25, 0.3) is 0 Å². The zero-order valence-electron chi connectivity index (χ0n) is 18.3. The van der Waals surface area contributed by atoms with Crippen LogP contribution in [0.2, 0.25) is 0 Å². The van der Waals surface area contributed by atoms with Crippen LogP contribution in [0.25, 0.3) is 10.9 Å². The van der Waals surface area contributed by atoms with Crippen molar-refractivity contribution in [3.05, 3.63) is 36.0 Å². The van der Waals surface area contributed by atoms with Gasteiger partial charge >= 0.3 is 11.9 Å². The Morgan fingerprint density at radius 3 is 2.26 bits per heavy atom. The lowest BCUT2D eigenvalue weighted by atomic mass is 10.0. The molecule has 1 heterocycles. The number of para-hydroxylation sites is 1. The summed E-state index contributed by atoms with van der Waals surface area (Å²) in [4.78, 5) is 62.7. The van der Waals surface area contributed by atoms with Gasteiger partial charge in [0.15, 0.2) is 0 Å². The molecule has 13 heteroatoms. The third kappa shape index (κ3) is 7.02. The first-order valence-electron chi connectivity index (χ1n) is 10.3. The van der Waals surface area contributed by atoms with Gasteiger partial charge in [0.1, 0.15) is 18.1 Å². The van der Waals surface area contributed by atoms with E-state index in [0.29, 0.717) is 5.56 Å². The average Bonchev–Trinajstić information content (AvgIpc) is 3.18. The van der Waals surface area contributed by atoms with E-state index in [0.717, 1.165) is 10.9 Å². The molecule has 4 unspecified atom stereocenters. The SMILES string of the molecule is CC(O)C(NC(=O)C(CC(=O)O)NC(=O)CN)C(=O)NC(Cc1c[nH]c2ccccc12)C(=O)O. The molecule has 34 heavy (non-hydrogen) atoms. The van der Waals surface area contributed by atoms with Crippen molar-refractivity contribution in [1.29, 1.82) is 0 Å². The van der Waals surface area contributed by atoms with Crippen molar-refractivity contribution in [2.45, 2.75) is 44.0 Å². The van der Waals surface area contributed by atoms with Crippen LogP contribution in [-0.4, -0.2) is 80.7 Å². The largest absolute Gasteiger partial charge is 0.481 e. The van der Waals surface area contributed by atoms with Crippen molar-refractivity contribution in [3.63, 3.8) is 0 Å². The van der Waals surface area contributed by atoms with Crippen molar-refractivity contribution in [2.75, 3.05) is 6.54 Å². The molecular formula is C21H27N5O8. The summed E-state index contributed by atoms with van der Waals surface area (Å²) in [6.07, 6.45) is -0.733. The van der Waals surface area contributed by atoms with Crippen molar-refractivity contribution in [1.82, 2.24) is 20.9 Å². The highest BCUT2D eigenvalue weighted by Gasteiger charge is 2.33. The molecule has 0 aliphatic heterocycles. The quantitative estimate of drug-likeness (QED) is 0.170. The van der Waals surface area contributed by atoms with Crippen molar-refractivity contribution >= 4 is 40.6 Å². The van der Waals surface area contributed by atoms with E-state index in [1.165, 1.54) is 6.92 Å². The van der Waals surface area contributed by atoms with Crippen LogP contribution in [0.4, 0.5) is 0 Å². The van der Waals surface area contributed by atoms with Gasteiger partial charge in [-0.25, -0.2) is 4.79 Å². The maximum atomic E-state index is 12.8. The van der Waals surface area contributed by atoms with Crippen LogP contribution in [0.3, 0.4) is 0 Å². The number of aliphatic carboxylic acids is 2. The first-order valence-corrected chi connectivity index (χ1v) is 10.3. The normalized spacial score (nSPS) is 14.4. The second-order valence-corrected chi connectivity index (χ2v) is 7.61. The van der Waals surface area contributed by atoms with E-state index in [1.807, 2.05) is 12.1 Å². The number of nitrogens with one attached hydrogen (secondary N) is 4. The van der Waals surface area contributed by atoms with E-state index in [1.54, 1.807) is 18.3 Å². The second kappa shape index (κ2) is 11.8. The topological polar surface area (TPSA) is 224 Å². The second-order valence-electron chi connectivity index (χ2n) is 7.61. The monoisotopic (exact) mass is 477 g/mol. The average molecular weight is 477 g/mol. The molecule has 1 aromatic carbocycles. The number of hydrogen-bond donors (Lipinski definition) is 8. The number of aromatic nitrogens is 1. The summed E-state index contributed by atoms with van der Waals surface area (Å²) < 4.78 is 0. The minimum Gasteiger partial charge on any atom is -0.481 e. The van der Waals surface area contributed by atoms with E-state index in [2.05, 4.69) is 20.9 Å². The van der Waals surface area contributed by atoms with Crippen LogP contribution in [0.15, 0.2) is 30.5 Å². The fraction of sp³-hybridized carbons (Fsp3) is 0.381. The number of carboxylic acids is 2. The summed E-state index contributed by atoms with van der Waals surface area (Å²) in [6.45, 7) is 0.683. The third-order valence-electron chi connectivity index (χ3n) is 4.99. The number of carbonyl (C=O) groups excluding carboxylic acids is 3. The van der Waals surface area contributed by atoms with Gasteiger partial charge in [-0.05, 0) is 18.6 Å². The number of hydrogen-bond acceptors (Lipinski definition) is 7. The molecule has 0 radical (unpaired) electrons. The zero-order valence-corrected chi connectivity index (χ0v) is 18.3. The summed E-state index contributed by atoms with van der Waals surface area (Å²) in [5.74, 6) is -5.61. The number of nitrogens with two attached hydrogens (primary N) is 1. The first-order chi connectivity index (χ1) is 16.0. The Labute approximate surface area is 193 Å². The van der Waals surface area contributed by atoms with Gasteiger partial charge < -0.3 is 42.0 Å². The van der Waals surface area contributed by atoms with E-state index < -0.39 is 66.9 Å². The number of benzene rings is 1. The smallest absolute Gasteiger partial charge is 0.326 e. The lowest BCUT2D eigenvalue weighted by Gasteiger charge is -2.25. The summed E-state index contributed by atoms with van der Waals surface area (Å²) >= 11 is 0. The van der Waals surface area contributed by atoms with Gasteiger partial charge in [-0.15, -0.1) is 0 Å². The van der Waals surface area contributed by atoms with Crippen LogP contribution in [0.1, 0.15) is 18.9 Å².